The first-order chi connectivity index (χ1) is 18.9. The van der Waals surface area contributed by atoms with Gasteiger partial charge in [-0.25, -0.2) is 4.98 Å². The number of nitrogens with one attached hydrogen (secondary N) is 2. The quantitative estimate of drug-likeness (QED) is 0.297. The molecule has 8 nitrogen and oxygen atoms in total. The number of thiocarbonyl (C=S) groups is 1. The first kappa shape index (κ1) is 26.4. The highest BCUT2D eigenvalue weighted by molar-refractivity contribution is 7.80. The van der Waals surface area contributed by atoms with Gasteiger partial charge in [0.2, 0.25) is 5.91 Å². The Kier molecular flexibility index (Phi) is 7.60. The van der Waals surface area contributed by atoms with Crippen LogP contribution in [0.15, 0.2) is 73.1 Å². The van der Waals surface area contributed by atoms with E-state index in [0.29, 0.717) is 23.1 Å². The summed E-state index contributed by atoms with van der Waals surface area (Å²) in [5, 5.41) is 7.05. The molecule has 4 aromatic rings. The van der Waals surface area contributed by atoms with Crippen molar-refractivity contribution < 1.29 is 9.53 Å². The van der Waals surface area contributed by atoms with E-state index >= 15 is 0 Å². The molecular formula is C30H32N6O2S. The van der Waals surface area contributed by atoms with Gasteiger partial charge >= 0.3 is 0 Å². The van der Waals surface area contributed by atoms with Gasteiger partial charge in [0.15, 0.2) is 5.11 Å². The second-order valence-corrected chi connectivity index (χ2v) is 10.1. The summed E-state index contributed by atoms with van der Waals surface area (Å²) in [5.41, 5.74) is 5.95. The Morgan fingerprint density at radius 3 is 2.59 bits per heavy atom. The number of aryl methyl sites for hydroxylation is 2. The van der Waals surface area contributed by atoms with E-state index in [4.69, 9.17) is 17.0 Å². The molecule has 39 heavy (non-hydrogen) atoms. The molecule has 1 aromatic carbocycles. The molecule has 0 aliphatic carbocycles. The number of carbonyl (C=O) groups is 1. The van der Waals surface area contributed by atoms with Crippen LogP contribution in [-0.4, -0.2) is 44.1 Å². The van der Waals surface area contributed by atoms with Gasteiger partial charge in [0, 0.05) is 36.7 Å². The van der Waals surface area contributed by atoms with Gasteiger partial charge in [-0.3, -0.25) is 9.78 Å². The Balaban J connectivity index is 1.47. The fourth-order valence-electron chi connectivity index (χ4n) is 5.25. The van der Waals surface area contributed by atoms with E-state index in [1.807, 2.05) is 54.7 Å². The number of aromatic nitrogens is 3. The topological polar surface area (TPSA) is 84.3 Å². The summed E-state index contributed by atoms with van der Waals surface area (Å²) in [6.07, 6.45) is 3.88. The van der Waals surface area contributed by atoms with Crippen LogP contribution in [0.3, 0.4) is 0 Å². The minimum absolute atomic E-state index is 0.114. The summed E-state index contributed by atoms with van der Waals surface area (Å²) in [6.45, 7) is 6.69. The summed E-state index contributed by atoms with van der Waals surface area (Å²) in [7, 11) is 1.59. The Labute approximate surface area is 234 Å². The predicted octanol–water partition coefficient (Wildman–Crippen LogP) is 5.20. The first-order valence-electron chi connectivity index (χ1n) is 12.9. The minimum Gasteiger partial charge on any atom is -0.495 e. The fraction of sp³-hybridized carbons (Fsp3) is 0.267. The van der Waals surface area contributed by atoms with Crippen molar-refractivity contribution in [3.05, 3.63) is 101 Å². The van der Waals surface area contributed by atoms with Crippen molar-refractivity contribution in [1.82, 2.24) is 24.8 Å². The van der Waals surface area contributed by atoms with Crippen molar-refractivity contribution in [3.8, 4) is 11.6 Å². The Hall–Kier alpha value is -4.24. The molecule has 0 bridgehead atoms. The molecule has 5 rings (SSSR count). The molecule has 1 saturated heterocycles. The Morgan fingerprint density at radius 2 is 1.85 bits per heavy atom. The Bertz CT molecular complexity index is 1500. The lowest BCUT2D eigenvalue weighted by atomic mass is 9.96. The number of rotatable bonds is 8. The summed E-state index contributed by atoms with van der Waals surface area (Å²) >= 11 is 5.83. The van der Waals surface area contributed by atoms with Crippen LogP contribution in [0.25, 0.3) is 5.82 Å². The number of ether oxygens (including phenoxy) is 1. The van der Waals surface area contributed by atoms with Gasteiger partial charge in [0.05, 0.1) is 30.6 Å². The number of hydrogen-bond acceptors (Lipinski definition) is 5. The predicted molar refractivity (Wildman–Crippen MR) is 156 cm³/mol. The lowest BCUT2D eigenvalue weighted by Gasteiger charge is -2.28. The monoisotopic (exact) mass is 540 g/mol. The van der Waals surface area contributed by atoms with Gasteiger partial charge in [-0.1, -0.05) is 18.2 Å². The average Bonchev–Trinajstić information content (AvgIpc) is 3.42. The van der Waals surface area contributed by atoms with Crippen LogP contribution in [0.1, 0.15) is 46.7 Å². The number of nitrogens with zero attached hydrogens (tertiary/aromatic N) is 4. The van der Waals surface area contributed by atoms with Crippen molar-refractivity contribution in [2.45, 2.75) is 39.3 Å². The third kappa shape index (κ3) is 5.35. The maximum Gasteiger partial charge on any atom is 0.226 e. The maximum absolute atomic E-state index is 13.0. The summed E-state index contributed by atoms with van der Waals surface area (Å²) in [6, 6.07) is 19.2. The molecule has 1 aliphatic rings. The molecule has 3 aromatic heterocycles. The zero-order valence-corrected chi connectivity index (χ0v) is 23.3. The van der Waals surface area contributed by atoms with Crippen LogP contribution < -0.4 is 15.4 Å². The van der Waals surface area contributed by atoms with Crippen molar-refractivity contribution in [3.63, 3.8) is 0 Å². The lowest BCUT2D eigenvalue weighted by Crippen LogP contribution is -2.33. The van der Waals surface area contributed by atoms with Gasteiger partial charge in [-0.15, -0.1) is 0 Å². The SMILES string of the molecule is COc1ccccc1NC(=O)CCN1C(=S)NC(c2ccccn2)C1c1cc(C)n(-c2cc(C)ccn2)c1C. The maximum atomic E-state index is 13.0. The van der Waals surface area contributed by atoms with Crippen LogP contribution in [0.2, 0.25) is 0 Å². The number of hydrogen-bond donors (Lipinski definition) is 2. The molecule has 0 saturated carbocycles. The number of amides is 1. The van der Waals surface area contributed by atoms with E-state index in [9.17, 15) is 4.79 Å². The number of carbonyl (C=O) groups excluding carboxylic acids is 1. The average molecular weight is 541 g/mol. The van der Waals surface area contributed by atoms with Crippen LogP contribution >= 0.6 is 12.2 Å². The molecule has 1 fully saturated rings. The summed E-state index contributed by atoms with van der Waals surface area (Å²) < 4.78 is 7.55. The van der Waals surface area contributed by atoms with Gasteiger partial charge in [-0.2, -0.15) is 0 Å². The molecule has 1 aliphatic heterocycles. The highest BCUT2D eigenvalue weighted by Gasteiger charge is 2.41. The number of methoxy groups -OCH3 is 1. The van der Waals surface area contributed by atoms with E-state index < -0.39 is 0 Å². The second kappa shape index (κ2) is 11.2. The third-order valence-electron chi connectivity index (χ3n) is 7.08. The molecule has 0 spiro atoms. The molecule has 1 amide bonds. The molecular weight excluding hydrogens is 508 g/mol. The van der Waals surface area contributed by atoms with Crippen molar-refractivity contribution in [1.29, 1.82) is 0 Å². The van der Waals surface area contributed by atoms with E-state index in [0.717, 1.165) is 34.0 Å². The van der Waals surface area contributed by atoms with Crippen molar-refractivity contribution >= 4 is 28.9 Å². The van der Waals surface area contributed by atoms with E-state index in [1.54, 1.807) is 13.3 Å². The normalized spacial score (nSPS) is 16.7. The molecule has 2 N–H and O–H groups in total. The fourth-order valence-corrected chi connectivity index (χ4v) is 5.58. The van der Waals surface area contributed by atoms with Gasteiger partial charge < -0.3 is 24.8 Å². The number of benzene rings is 1. The van der Waals surface area contributed by atoms with Crippen LogP contribution in [0.5, 0.6) is 5.75 Å². The van der Waals surface area contributed by atoms with E-state index in [-0.39, 0.29) is 24.4 Å². The molecule has 2 unspecified atom stereocenters. The van der Waals surface area contributed by atoms with Crippen molar-refractivity contribution in [2.75, 3.05) is 19.0 Å². The Morgan fingerprint density at radius 1 is 1.05 bits per heavy atom. The highest BCUT2D eigenvalue weighted by atomic mass is 32.1. The molecule has 2 atom stereocenters. The van der Waals surface area contributed by atoms with Gasteiger partial charge in [0.25, 0.3) is 0 Å². The standard InChI is InChI=1S/C30H32N6O2S/c1-19-12-15-32-26(17-19)36-20(2)18-22(21(36)3)29-28(24-10-7-8-14-31-24)34-30(39)35(29)16-13-27(37)33-23-9-5-6-11-25(23)38-4/h5-12,14-15,17-18,28-29H,13,16H2,1-4H3,(H,33,37)(H,34,39). The number of pyridine rings is 2. The molecule has 0 radical (unpaired) electrons. The third-order valence-corrected chi connectivity index (χ3v) is 7.43. The van der Waals surface area contributed by atoms with Crippen LogP contribution in [-0.2, 0) is 4.79 Å². The largest absolute Gasteiger partial charge is 0.495 e. The minimum atomic E-state index is -0.171. The van der Waals surface area contributed by atoms with E-state index in [1.165, 1.54) is 0 Å². The lowest BCUT2D eigenvalue weighted by molar-refractivity contribution is -0.116. The smallest absolute Gasteiger partial charge is 0.226 e. The van der Waals surface area contributed by atoms with Crippen LogP contribution in [0.4, 0.5) is 5.69 Å². The second-order valence-electron chi connectivity index (χ2n) is 9.67. The zero-order chi connectivity index (χ0) is 27.5. The summed E-state index contributed by atoms with van der Waals surface area (Å²) in [4.78, 5) is 24.4. The van der Waals surface area contributed by atoms with Crippen molar-refractivity contribution in [2.24, 2.45) is 0 Å². The molecule has 9 heteroatoms. The highest BCUT2D eigenvalue weighted by Crippen LogP contribution is 2.41. The molecule has 4 heterocycles. The van der Waals surface area contributed by atoms with E-state index in [2.05, 4.69) is 63.0 Å². The van der Waals surface area contributed by atoms with Gasteiger partial charge in [0.1, 0.15) is 11.6 Å². The number of anilines is 1. The van der Waals surface area contributed by atoms with Gasteiger partial charge in [-0.05, 0) is 86.6 Å². The summed E-state index contributed by atoms with van der Waals surface area (Å²) in [5.74, 6) is 1.38. The van der Waals surface area contributed by atoms with Crippen LogP contribution in [0, 0.1) is 20.8 Å². The molecule has 200 valence electrons. The number of para-hydroxylation sites is 2. The first-order valence-corrected chi connectivity index (χ1v) is 13.3. The zero-order valence-electron chi connectivity index (χ0n) is 22.5.